The van der Waals surface area contributed by atoms with Crippen LogP contribution in [-0.4, -0.2) is 0 Å². The predicted octanol–water partition coefficient (Wildman–Crippen LogP) is 16.3. The summed E-state index contributed by atoms with van der Waals surface area (Å²) in [6.07, 6.45) is 11.6. The number of hydrogen-bond acceptors (Lipinski definition) is 1. The van der Waals surface area contributed by atoms with Gasteiger partial charge in [-0.05, 0) is 141 Å². The van der Waals surface area contributed by atoms with E-state index in [2.05, 4.69) is 243 Å². The van der Waals surface area contributed by atoms with Crippen molar-refractivity contribution in [2.24, 2.45) is 5.92 Å². The minimum Gasteiger partial charge on any atom is -0.310 e. The van der Waals surface area contributed by atoms with Crippen molar-refractivity contribution in [1.29, 1.82) is 0 Å². The minimum atomic E-state index is -0.474. The van der Waals surface area contributed by atoms with Crippen LogP contribution in [0.15, 0.2) is 236 Å². The summed E-state index contributed by atoms with van der Waals surface area (Å²) in [5.41, 5.74) is 22.5. The van der Waals surface area contributed by atoms with E-state index >= 15 is 0 Å². The molecular formula is C65H53N. The van der Waals surface area contributed by atoms with Crippen LogP contribution in [0.1, 0.15) is 95.5 Å². The smallest absolute Gasteiger partial charge is 0.0673 e. The summed E-state index contributed by atoms with van der Waals surface area (Å²) in [7, 11) is 0. The molecule has 0 spiro atoms. The number of allylic oxidation sites excluding steroid dienone is 6. The lowest BCUT2D eigenvalue weighted by molar-refractivity contribution is 0.321. The number of nitrogens with zero attached hydrogens (tertiary/aromatic N) is 1. The molecule has 0 saturated carbocycles. The molecule has 2 unspecified atom stereocenters. The molecule has 0 heterocycles. The monoisotopic (exact) mass is 847 g/mol. The number of benzene rings is 8. The molecule has 0 aliphatic heterocycles. The zero-order valence-electron chi connectivity index (χ0n) is 37.8. The Hall–Kier alpha value is -7.22. The van der Waals surface area contributed by atoms with Crippen molar-refractivity contribution in [1.82, 2.24) is 0 Å². The van der Waals surface area contributed by atoms with Crippen molar-refractivity contribution < 1.29 is 0 Å². The molecule has 0 amide bonds. The number of rotatable bonds is 7. The molecule has 0 N–H and O–H groups in total. The van der Waals surface area contributed by atoms with Gasteiger partial charge in [0.2, 0.25) is 0 Å². The second-order valence-corrected chi connectivity index (χ2v) is 19.8. The van der Waals surface area contributed by atoms with Crippen LogP contribution >= 0.6 is 0 Å². The zero-order valence-corrected chi connectivity index (χ0v) is 37.8. The van der Waals surface area contributed by atoms with E-state index < -0.39 is 5.41 Å². The second-order valence-electron chi connectivity index (χ2n) is 19.8. The quantitative estimate of drug-likeness (QED) is 0.144. The highest BCUT2D eigenvalue weighted by Crippen LogP contribution is 2.66. The highest BCUT2D eigenvalue weighted by Gasteiger charge is 2.57. The molecule has 66 heavy (non-hydrogen) atoms. The van der Waals surface area contributed by atoms with Crippen molar-refractivity contribution in [2.75, 3.05) is 4.90 Å². The molecule has 0 fully saturated rings. The molecule has 0 bridgehead atoms. The lowest BCUT2D eigenvalue weighted by atomic mass is 9.56. The largest absolute Gasteiger partial charge is 0.310 e. The molecule has 0 aromatic heterocycles. The van der Waals surface area contributed by atoms with Gasteiger partial charge in [-0.1, -0.05) is 213 Å². The van der Waals surface area contributed by atoms with Crippen molar-refractivity contribution in [3.05, 3.63) is 286 Å². The van der Waals surface area contributed by atoms with Gasteiger partial charge >= 0.3 is 0 Å². The molecule has 5 aliphatic carbocycles. The average Bonchev–Trinajstić information content (AvgIpc) is 3.94. The summed E-state index contributed by atoms with van der Waals surface area (Å²) in [4.78, 5) is 2.46. The Morgan fingerprint density at radius 1 is 0.485 bits per heavy atom. The van der Waals surface area contributed by atoms with Gasteiger partial charge < -0.3 is 4.90 Å². The summed E-state index contributed by atoms with van der Waals surface area (Å²) in [6.45, 7) is 4.84. The molecule has 0 radical (unpaired) electrons. The van der Waals surface area contributed by atoms with E-state index in [1.165, 1.54) is 78.0 Å². The molecule has 5 aliphatic rings. The van der Waals surface area contributed by atoms with E-state index in [0.717, 1.165) is 37.1 Å². The Balaban J connectivity index is 0.989. The first-order valence-electron chi connectivity index (χ1n) is 24.1. The van der Waals surface area contributed by atoms with Gasteiger partial charge in [-0.2, -0.15) is 0 Å². The van der Waals surface area contributed by atoms with E-state index in [1.54, 1.807) is 5.57 Å². The van der Waals surface area contributed by atoms with Crippen molar-refractivity contribution in [3.8, 4) is 11.1 Å². The summed E-state index contributed by atoms with van der Waals surface area (Å²) in [5.74, 6) is 0.703. The Labute approximate surface area is 390 Å². The van der Waals surface area contributed by atoms with Crippen LogP contribution < -0.4 is 4.90 Å². The zero-order chi connectivity index (χ0) is 44.0. The topological polar surface area (TPSA) is 3.24 Å². The normalized spacial score (nSPS) is 19.8. The molecule has 13 rings (SSSR count). The number of para-hydroxylation sites is 1. The van der Waals surface area contributed by atoms with Gasteiger partial charge in [0.05, 0.1) is 5.41 Å². The van der Waals surface area contributed by atoms with E-state index in [-0.39, 0.29) is 10.8 Å². The molecule has 0 saturated heterocycles. The van der Waals surface area contributed by atoms with Crippen LogP contribution in [0.4, 0.5) is 17.1 Å². The third kappa shape index (κ3) is 5.41. The van der Waals surface area contributed by atoms with Crippen molar-refractivity contribution in [3.63, 3.8) is 0 Å². The van der Waals surface area contributed by atoms with Crippen LogP contribution in [0, 0.1) is 5.92 Å². The summed E-state index contributed by atoms with van der Waals surface area (Å²) in [5, 5.41) is 0. The first kappa shape index (κ1) is 39.2. The number of fused-ring (bicyclic) bond motifs is 8. The van der Waals surface area contributed by atoms with Crippen molar-refractivity contribution >= 4 is 22.6 Å². The lowest BCUT2D eigenvalue weighted by Gasteiger charge is -2.45. The maximum atomic E-state index is 2.67. The van der Waals surface area contributed by atoms with Crippen LogP contribution in [0.25, 0.3) is 16.7 Å². The second kappa shape index (κ2) is 14.9. The first-order valence-corrected chi connectivity index (χ1v) is 24.1. The Kier molecular flexibility index (Phi) is 8.85. The van der Waals surface area contributed by atoms with Gasteiger partial charge in [0.25, 0.3) is 0 Å². The Bertz CT molecular complexity index is 3190. The SMILES string of the molecule is CC1(C)C2=C(C=CCC2)c2ccc(N(c3ccccc3)c3ccc(C4(C5=CCC6c7ccccc7C(c7ccccc7)(c7ccccc7)C6C5)c5ccccc5-c5ccccc54)cc3)cc21. The maximum absolute atomic E-state index is 2.67. The molecule has 1 heteroatoms. The lowest BCUT2D eigenvalue weighted by Crippen LogP contribution is -2.40. The number of anilines is 3. The molecule has 2 atom stereocenters. The van der Waals surface area contributed by atoms with Crippen LogP contribution in [0.3, 0.4) is 0 Å². The van der Waals surface area contributed by atoms with Gasteiger partial charge in [0.1, 0.15) is 0 Å². The van der Waals surface area contributed by atoms with Crippen LogP contribution in [0.2, 0.25) is 0 Å². The fourth-order valence-corrected chi connectivity index (χ4v) is 13.8. The maximum Gasteiger partial charge on any atom is 0.0673 e. The summed E-state index contributed by atoms with van der Waals surface area (Å²) in [6, 6.07) is 78.6. The number of hydrogen-bond donors (Lipinski definition) is 0. The Morgan fingerprint density at radius 3 is 1.71 bits per heavy atom. The van der Waals surface area contributed by atoms with E-state index in [9.17, 15) is 0 Å². The first-order chi connectivity index (χ1) is 32.5. The van der Waals surface area contributed by atoms with Gasteiger partial charge in [-0.3, -0.25) is 0 Å². The molecule has 8 aromatic rings. The van der Waals surface area contributed by atoms with Gasteiger partial charge in [0.15, 0.2) is 0 Å². The molecular weight excluding hydrogens is 795 g/mol. The Morgan fingerprint density at radius 2 is 1.05 bits per heavy atom. The molecule has 1 nitrogen and oxygen atoms in total. The van der Waals surface area contributed by atoms with E-state index in [1.807, 2.05) is 0 Å². The molecule has 8 aromatic carbocycles. The predicted molar refractivity (Wildman–Crippen MR) is 274 cm³/mol. The van der Waals surface area contributed by atoms with E-state index in [0.29, 0.717) is 11.8 Å². The fraction of sp³-hybridized carbons (Fsp3) is 0.169. The summed E-state index contributed by atoms with van der Waals surface area (Å²) >= 11 is 0. The van der Waals surface area contributed by atoms with Gasteiger partial charge in [0, 0.05) is 27.9 Å². The average molecular weight is 848 g/mol. The van der Waals surface area contributed by atoms with Gasteiger partial charge in [-0.15, -0.1) is 0 Å². The standard InChI is InChI=1S/C65H53N/c1-63(2)57-30-16-12-26-51(57)55-41-39-50(43-61(55)63)66(48-24-10-5-11-25-48)49-37-34-46(35-38-49)65(59-32-18-13-27-52(59)53-28-14-19-33-60(53)65)47-36-40-56-54-29-15-17-31-58(54)64(62(56)42-47,44-20-6-3-7-21-44)45-22-8-4-9-23-45/h3-15,17-29,31-39,41,43,56,62H,16,30,40,42H2,1-2H3. The highest BCUT2D eigenvalue weighted by atomic mass is 15.1. The third-order valence-electron chi connectivity index (χ3n) is 16.5. The van der Waals surface area contributed by atoms with Crippen LogP contribution in [-0.2, 0) is 16.2 Å². The minimum absolute atomic E-state index is 0.0146. The van der Waals surface area contributed by atoms with E-state index in [4.69, 9.17) is 0 Å². The fourth-order valence-electron chi connectivity index (χ4n) is 13.8. The highest BCUT2D eigenvalue weighted by molar-refractivity contribution is 5.90. The summed E-state index contributed by atoms with van der Waals surface area (Å²) < 4.78 is 0. The van der Waals surface area contributed by atoms with Crippen LogP contribution in [0.5, 0.6) is 0 Å². The third-order valence-corrected chi connectivity index (χ3v) is 16.5. The molecule has 318 valence electrons. The van der Waals surface area contributed by atoms with Crippen molar-refractivity contribution in [2.45, 2.75) is 61.7 Å². The van der Waals surface area contributed by atoms with Gasteiger partial charge in [-0.25, -0.2) is 0 Å².